The largest absolute Gasteiger partial charge is 0.489 e. The van der Waals surface area contributed by atoms with E-state index in [1.807, 2.05) is 6.92 Å². The Kier molecular flexibility index (Phi) is 7.41. The first-order valence-electron chi connectivity index (χ1n) is 11.0. The molecule has 0 aromatic rings. The van der Waals surface area contributed by atoms with Gasteiger partial charge in [-0.15, -0.1) is 0 Å². The third-order valence-electron chi connectivity index (χ3n) is 6.47. The molecule has 1 aliphatic carbocycles. The van der Waals surface area contributed by atoms with Crippen LogP contribution in [0.15, 0.2) is 34.8 Å². The van der Waals surface area contributed by atoms with Gasteiger partial charge < -0.3 is 20.1 Å². The van der Waals surface area contributed by atoms with Gasteiger partial charge in [0.15, 0.2) is 0 Å². The fourth-order valence-electron chi connectivity index (χ4n) is 4.89. The number of methoxy groups -OCH3 is 1. The highest BCUT2D eigenvalue weighted by molar-refractivity contribution is 5.95. The Morgan fingerprint density at radius 1 is 1.34 bits per heavy atom. The quantitative estimate of drug-likeness (QED) is 0.641. The second-order valence-electron chi connectivity index (χ2n) is 8.45. The van der Waals surface area contributed by atoms with Crippen LogP contribution < -0.4 is 5.73 Å². The van der Waals surface area contributed by atoms with E-state index in [1.165, 1.54) is 19.3 Å². The fraction of sp³-hybridized carbons (Fsp3) is 0.696. The predicted molar refractivity (Wildman–Crippen MR) is 115 cm³/mol. The molecular formula is C23H37N3O3. The number of carbonyl (C=O) groups excluding carboxylic acids is 1. The summed E-state index contributed by atoms with van der Waals surface area (Å²) in [6.07, 6.45) is 8.91. The number of ether oxygens (including phenoxy) is 2. The Labute approximate surface area is 175 Å². The van der Waals surface area contributed by atoms with Gasteiger partial charge in [0.1, 0.15) is 11.9 Å². The molecule has 0 saturated carbocycles. The van der Waals surface area contributed by atoms with Crippen molar-refractivity contribution in [3.8, 4) is 0 Å². The molecule has 6 heteroatoms. The minimum absolute atomic E-state index is 0.0796. The number of piperidine rings is 1. The van der Waals surface area contributed by atoms with Gasteiger partial charge in [-0.05, 0) is 70.8 Å². The minimum Gasteiger partial charge on any atom is -0.489 e. The summed E-state index contributed by atoms with van der Waals surface area (Å²) >= 11 is 0. The molecule has 2 aliphatic heterocycles. The molecule has 162 valence electrons. The average molecular weight is 404 g/mol. The smallest absolute Gasteiger partial charge is 0.245 e. The van der Waals surface area contributed by atoms with Gasteiger partial charge >= 0.3 is 0 Å². The first-order valence-corrected chi connectivity index (χ1v) is 11.0. The van der Waals surface area contributed by atoms with Crippen molar-refractivity contribution in [3.63, 3.8) is 0 Å². The van der Waals surface area contributed by atoms with Crippen molar-refractivity contribution >= 4 is 5.91 Å². The number of amides is 1. The number of likely N-dealkylation sites (N-methyl/N-ethyl adjacent to an activating group) is 1. The summed E-state index contributed by atoms with van der Waals surface area (Å²) in [5, 5.41) is 0. The number of fused-ring (bicyclic) bond motifs is 1. The van der Waals surface area contributed by atoms with Crippen molar-refractivity contribution in [2.24, 2.45) is 11.7 Å². The molecule has 1 fully saturated rings. The molecular weight excluding hydrogens is 366 g/mol. The van der Waals surface area contributed by atoms with Crippen LogP contribution in [-0.4, -0.2) is 67.7 Å². The molecule has 2 N–H and O–H groups in total. The molecule has 0 radical (unpaired) electrons. The van der Waals surface area contributed by atoms with Gasteiger partial charge in [-0.1, -0.05) is 6.42 Å². The Morgan fingerprint density at radius 3 is 2.69 bits per heavy atom. The van der Waals surface area contributed by atoms with Crippen LogP contribution in [0.4, 0.5) is 0 Å². The zero-order valence-electron chi connectivity index (χ0n) is 18.4. The van der Waals surface area contributed by atoms with Crippen LogP contribution in [0.1, 0.15) is 46.5 Å². The number of likely N-dealkylation sites (tertiary alicyclic amines) is 1. The summed E-state index contributed by atoms with van der Waals surface area (Å²) < 4.78 is 11.6. The van der Waals surface area contributed by atoms with Gasteiger partial charge in [0.25, 0.3) is 0 Å². The monoisotopic (exact) mass is 403 g/mol. The summed E-state index contributed by atoms with van der Waals surface area (Å²) in [5.74, 6) is 0.549. The zero-order chi connectivity index (χ0) is 21.0. The number of hydrogen-bond acceptors (Lipinski definition) is 5. The van der Waals surface area contributed by atoms with E-state index in [1.54, 1.807) is 7.11 Å². The number of nitrogens with two attached hydrogens (primary N) is 1. The van der Waals surface area contributed by atoms with Crippen LogP contribution in [0.3, 0.4) is 0 Å². The summed E-state index contributed by atoms with van der Waals surface area (Å²) in [4.78, 5) is 17.2. The van der Waals surface area contributed by atoms with Crippen LogP contribution in [-0.2, 0) is 14.3 Å². The highest BCUT2D eigenvalue weighted by Gasteiger charge is 2.39. The lowest BCUT2D eigenvalue weighted by atomic mass is 9.83. The fourth-order valence-corrected chi connectivity index (χ4v) is 4.89. The molecule has 3 atom stereocenters. The highest BCUT2D eigenvalue weighted by Crippen LogP contribution is 2.40. The topological polar surface area (TPSA) is 68.0 Å². The third kappa shape index (κ3) is 4.86. The molecule has 3 rings (SSSR count). The third-order valence-corrected chi connectivity index (χ3v) is 6.47. The van der Waals surface area contributed by atoms with Gasteiger partial charge in [-0.2, -0.15) is 0 Å². The molecule has 1 amide bonds. The van der Waals surface area contributed by atoms with Crippen molar-refractivity contribution in [3.05, 3.63) is 34.8 Å². The molecule has 2 heterocycles. The van der Waals surface area contributed by atoms with Crippen molar-refractivity contribution in [1.82, 2.24) is 9.80 Å². The van der Waals surface area contributed by atoms with E-state index in [2.05, 4.69) is 35.8 Å². The molecule has 0 aromatic carbocycles. The Hall–Kier alpha value is -1.79. The van der Waals surface area contributed by atoms with Crippen molar-refractivity contribution in [2.75, 3.05) is 39.9 Å². The van der Waals surface area contributed by atoms with E-state index in [-0.39, 0.29) is 17.9 Å². The molecule has 3 aliphatic rings. The number of carbonyl (C=O) groups is 1. The van der Waals surface area contributed by atoms with Gasteiger partial charge in [-0.25, -0.2) is 0 Å². The first-order chi connectivity index (χ1) is 14.0. The van der Waals surface area contributed by atoms with Crippen LogP contribution in [0.2, 0.25) is 0 Å². The highest BCUT2D eigenvalue weighted by atomic mass is 16.5. The molecule has 3 unspecified atom stereocenters. The number of nitrogens with zero attached hydrogens (tertiary/aromatic N) is 2. The van der Waals surface area contributed by atoms with Crippen molar-refractivity contribution < 1.29 is 14.3 Å². The minimum atomic E-state index is -0.345. The molecule has 0 bridgehead atoms. The molecule has 0 spiro atoms. The van der Waals surface area contributed by atoms with E-state index >= 15 is 0 Å². The number of hydrogen-bond donors (Lipinski definition) is 1. The second-order valence-corrected chi connectivity index (χ2v) is 8.45. The Morgan fingerprint density at radius 2 is 2.07 bits per heavy atom. The summed E-state index contributed by atoms with van der Waals surface area (Å²) in [6.45, 7) is 11.0. The molecule has 0 aromatic heterocycles. The van der Waals surface area contributed by atoms with E-state index in [9.17, 15) is 4.79 Å². The first kappa shape index (κ1) is 21.9. The normalized spacial score (nSPS) is 25.8. The van der Waals surface area contributed by atoms with Crippen LogP contribution >= 0.6 is 0 Å². The number of primary amides is 1. The Bertz CT molecular complexity index is 691. The SMILES string of the molecule is CCN(C1=CC2OC(CN3CCCCC3)=CC2C(C(N)=O)=C1C)C(C)CCOC. The maximum absolute atomic E-state index is 12.4. The van der Waals surface area contributed by atoms with Gasteiger partial charge in [0.05, 0.1) is 12.5 Å². The zero-order valence-corrected chi connectivity index (χ0v) is 18.4. The van der Waals surface area contributed by atoms with Crippen molar-refractivity contribution in [1.29, 1.82) is 0 Å². The van der Waals surface area contributed by atoms with E-state index in [0.29, 0.717) is 18.2 Å². The molecule has 29 heavy (non-hydrogen) atoms. The van der Waals surface area contributed by atoms with Gasteiger partial charge in [-0.3, -0.25) is 9.69 Å². The number of rotatable bonds is 9. The van der Waals surface area contributed by atoms with Crippen molar-refractivity contribution in [2.45, 2.75) is 58.6 Å². The van der Waals surface area contributed by atoms with E-state index in [4.69, 9.17) is 15.2 Å². The summed E-state index contributed by atoms with van der Waals surface area (Å²) in [7, 11) is 1.73. The standard InChI is InChI=1S/C23H37N3O3/c1-5-26(16(2)9-12-28-4)20-14-21-19(22(17(20)3)23(24)27)13-18(29-21)15-25-10-7-6-8-11-25/h13-14,16,19,21H,5-12,15H2,1-4H3,(H2,24,27). The summed E-state index contributed by atoms with van der Waals surface area (Å²) in [5.41, 5.74) is 8.58. The lowest BCUT2D eigenvalue weighted by Gasteiger charge is -2.37. The van der Waals surface area contributed by atoms with Gasteiger partial charge in [0.2, 0.25) is 5.91 Å². The van der Waals surface area contributed by atoms with Gasteiger partial charge in [0, 0.05) is 37.6 Å². The predicted octanol–water partition coefficient (Wildman–Crippen LogP) is 2.82. The molecule has 6 nitrogen and oxygen atoms in total. The van der Waals surface area contributed by atoms with Crippen LogP contribution in [0, 0.1) is 5.92 Å². The summed E-state index contributed by atoms with van der Waals surface area (Å²) in [6, 6.07) is 0.300. The van der Waals surface area contributed by atoms with Crippen LogP contribution in [0.5, 0.6) is 0 Å². The maximum atomic E-state index is 12.4. The Balaban J connectivity index is 1.83. The van der Waals surface area contributed by atoms with Crippen LogP contribution in [0.25, 0.3) is 0 Å². The maximum Gasteiger partial charge on any atom is 0.245 e. The average Bonchev–Trinajstić information content (AvgIpc) is 3.09. The van der Waals surface area contributed by atoms with E-state index < -0.39 is 0 Å². The molecule has 1 saturated heterocycles. The lowest BCUT2D eigenvalue weighted by Crippen LogP contribution is -2.38. The lowest BCUT2D eigenvalue weighted by molar-refractivity contribution is -0.115. The number of allylic oxidation sites excluding steroid dienone is 1. The second kappa shape index (κ2) is 9.81. The van der Waals surface area contributed by atoms with E-state index in [0.717, 1.165) is 49.6 Å².